The molecule has 0 aromatic carbocycles. The van der Waals surface area contributed by atoms with Crippen LogP contribution in [0.5, 0.6) is 0 Å². The van der Waals surface area contributed by atoms with Crippen LogP contribution in [-0.4, -0.2) is 48.2 Å². The lowest BCUT2D eigenvalue weighted by Gasteiger charge is -2.18. The molecule has 4 atom stereocenters. The van der Waals surface area contributed by atoms with Crippen LogP contribution in [0.25, 0.3) is 0 Å². The van der Waals surface area contributed by atoms with Gasteiger partial charge in [0, 0.05) is 12.6 Å². The summed E-state index contributed by atoms with van der Waals surface area (Å²) in [5.41, 5.74) is -1.46. The SMILES string of the molecule is O=c1[nH]c(=O)n([C@H]2C[C@H](O)[C@@H](COP(=O)(O)OP(=O)(O)O)O2)cc1Br. The van der Waals surface area contributed by atoms with Crippen molar-refractivity contribution in [3.8, 4) is 0 Å². The first-order chi connectivity index (χ1) is 11.4. The maximum Gasteiger partial charge on any atom is 0.481 e. The highest BCUT2D eigenvalue weighted by Crippen LogP contribution is 2.57. The first-order valence-electron chi connectivity index (χ1n) is 6.47. The summed E-state index contributed by atoms with van der Waals surface area (Å²) >= 11 is 2.94. The molecule has 0 aliphatic carbocycles. The van der Waals surface area contributed by atoms with E-state index in [4.69, 9.17) is 14.5 Å². The van der Waals surface area contributed by atoms with E-state index in [9.17, 15) is 28.7 Å². The van der Waals surface area contributed by atoms with Crippen LogP contribution in [0.2, 0.25) is 0 Å². The Kier molecular flexibility index (Phi) is 6.22. The zero-order valence-electron chi connectivity index (χ0n) is 12.1. The van der Waals surface area contributed by atoms with Gasteiger partial charge in [0.05, 0.1) is 17.2 Å². The average molecular weight is 467 g/mol. The molecule has 1 unspecified atom stereocenters. The number of ether oxygens (including phenoxy) is 1. The van der Waals surface area contributed by atoms with E-state index in [2.05, 4.69) is 24.8 Å². The minimum atomic E-state index is -5.27. The van der Waals surface area contributed by atoms with Gasteiger partial charge in [-0.3, -0.25) is 18.9 Å². The number of hydrogen-bond donors (Lipinski definition) is 5. The van der Waals surface area contributed by atoms with Crippen molar-refractivity contribution in [2.24, 2.45) is 0 Å². The Balaban J connectivity index is 2.06. The maximum atomic E-state index is 11.8. The van der Waals surface area contributed by atoms with Crippen molar-refractivity contribution < 1.29 is 42.5 Å². The number of hydrogen-bond acceptors (Lipinski definition) is 8. The first-order valence-corrected chi connectivity index (χ1v) is 10.3. The molecule has 5 N–H and O–H groups in total. The molecule has 16 heteroatoms. The van der Waals surface area contributed by atoms with Crippen LogP contribution in [0.15, 0.2) is 20.3 Å². The fraction of sp³-hybridized carbons (Fsp3) is 0.556. The third kappa shape index (κ3) is 5.66. The molecule has 1 saturated heterocycles. The third-order valence-corrected chi connectivity index (χ3v) is 5.77. The van der Waals surface area contributed by atoms with E-state index in [1.165, 1.54) is 0 Å². The lowest BCUT2D eigenvalue weighted by molar-refractivity contribution is -0.0450. The number of rotatable bonds is 6. The number of aliphatic hydroxyl groups excluding tert-OH is 1. The molecule has 0 amide bonds. The molecule has 1 aromatic heterocycles. The Labute approximate surface area is 147 Å². The lowest BCUT2D eigenvalue weighted by Crippen LogP contribution is -2.32. The summed E-state index contributed by atoms with van der Waals surface area (Å²) in [4.78, 5) is 51.2. The van der Waals surface area contributed by atoms with E-state index in [1.807, 2.05) is 4.98 Å². The smallest absolute Gasteiger partial charge is 0.390 e. The minimum absolute atomic E-state index is 0.0415. The minimum Gasteiger partial charge on any atom is -0.390 e. The molecule has 0 saturated carbocycles. The van der Waals surface area contributed by atoms with Gasteiger partial charge in [0.1, 0.15) is 12.3 Å². The van der Waals surface area contributed by atoms with Crippen molar-refractivity contribution in [3.63, 3.8) is 0 Å². The number of nitrogens with one attached hydrogen (secondary N) is 1. The molecule has 1 aliphatic rings. The van der Waals surface area contributed by atoms with Gasteiger partial charge >= 0.3 is 21.3 Å². The van der Waals surface area contributed by atoms with Crippen LogP contribution in [-0.2, 0) is 22.7 Å². The summed E-state index contributed by atoms with van der Waals surface area (Å²) in [5.74, 6) is 0. The number of aromatic nitrogens is 2. The normalized spacial score (nSPS) is 26.5. The fourth-order valence-corrected chi connectivity index (χ4v) is 3.96. The monoisotopic (exact) mass is 466 g/mol. The lowest BCUT2D eigenvalue weighted by atomic mass is 10.2. The molecule has 25 heavy (non-hydrogen) atoms. The summed E-state index contributed by atoms with van der Waals surface area (Å²) in [7, 11) is -10.4. The van der Waals surface area contributed by atoms with Crippen LogP contribution >= 0.6 is 31.6 Å². The van der Waals surface area contributed by atoms with E-state index in [-0.39, 0.29) is 10.9 Å². The summed E-state index contributed by atoms with van der Waals surface area (Å²) in [5, 5.41) is 9.90. The highest BCUT2D eigenvalue weighted by Gasteiger charge is 2.39. The molecule has 1 fully saturated rings. The molecule has 142 valence electrons. The number of halogens is 1. The summed E-state index contributed by atoms with van der Waals surface area (Å²) in [6, 6.07) is 0. The Morgan fingerprint density at radius 3 is 2.60 bits per heavy atom. The van der Waals surface area contributed by atoms with Crippen LogP contribution in [0.3, 0.4) is 0 Å². The topological polar surface area (TPSA) is 198 Å². The standard InChI is InChI=1S/C9H13BrN2O11P2/c10-4-2-12(9(15)11-8(4)14)7-1-5(13)6(22-7)3-21-25(19,20)23-24(16,17)18/h2,5-7,13H,1,3H2,(H,19,20)(H,11,14,15)(H2,16,17,18)/t5-,6+,7+/m0/s1. The molecular weight excluding hydrogens is 454 g/mol. The number of aliphatic hydroxyl groups is 1. The van der Waals surface area contributed by atoms with Crippen molar-refractivity contribution in [1.29, 1.82) is 0 Å². The van der Waals surface area contributed by atoms with Gasteiger partial charge in [-0.15, -0.1) is 0 Å². The van der Waals surface area contributed by atoms with Gasteiger partial charge in [-0.2, -0.15) is 4.31 Å². The van der Waals surface area contributed by atoms with E-state index >= 15 is 0 Å². The van der Waals surface area contributed by atoms with Crippen molar-refractivity contribution in [1.82, 2.24) is 9.55 Å². The van der Waals surface area contributed by atoms with Gasteiger partial charge in [-0.05, 0) is 15.9 Å². The van der Waals surface area contributed by atoms with Crippen molar-refractivity contribution in [2.45, 2.75) is 24.9 Å². The third-order valence-electron chi connectivity index (χ3n) is 3.05. The van der Waals surface area contributed by atoms with Crippen molar-refractivity contribution >= 4 is 31.6 Å². The number of phosphoric ester groups is 1. The maximum absolute atomic E-state index is 11.8. The highest BCUT2D eigenvalue weighted by atomic mass is 79.9. The number of phosphoric acid groups is 2. The van der Waals surface area contributed by atoms with E-state index in [0.29, 0.717) is 0 Å². The zero-order chi connectivity index (χ0) is 19.0. The van der Waals surface area contributed by atoms with E-state index < -0.39 is 51.9 Å². The molecule has 1 aliphatic heterocycles. The Bertz CT molecular complexity index is 847. The second-order valence-corrected chi connectivity index (χ2v) is 8.60. The molecule has 0 spiro atoms. The highest BCUT2D eigenvalue weighted by molar-refractivity contribution is 9.10. The van der Waals surface area contributed by atoms with Crippen LogP contribution in [0.1, 0.15) is 12.6 Å². The first kappa shape index (κ1) is 20.6. The number of aromatic amines is 1. The molecule has 0 bridgehead atoms. The van der Waals surface area contributed by atoms with E-state index in [1.54, 1.807) is 0 Å². The van der Waals surface area contributed by atoms with Crippen molar-refractivity contribution in [3.05, 3.63) is 31.5 Å². The molecule has 2 heterocycles. The predicted octanol–water partition coefficient (Wildman–Crippen LogP) is -0.826. The van der Waals surface area contributed by atoms with Crippen LogP contribution in [0.4, 0.5) is 0 Å². The molecule has 1 aromatic rings. The molecule has 0 radical (unpaired) electrons. The van der Waals surface area contributed by atoms with Gasteiger partial charge in [-0.1, -0.05) is 0 Å². The van der Waals surface area contributed by atoms with Gasteiger partial charge in [-0.25, -0.2) is 13.9 Å². The fourth-order valence-electron chi connectivity index (χ4n) is 2.04. The molecule has 2 rings (SSSR count). The summed E-state index contributed by atoms with van der Waals surface area (Å²) < 4.78 is 36.2. The van der Waals surface area contributed by atoms with Crippen molar-refractivity contribution in [2.75, 3.05) is 6.61 Å². The quantitative estimate of drug-likeness (QED) is 0.328. The van der Waals surface area contributed by atoms with Gasteiger partial charge in [0.2, 0.25) is 0 Å². The van der Waals surface area contributed by atoms with Crippen LogP contribution < -0.4 is 11.2 Å². The summed E-state index contributed by atoms with van der Waals surface area (Å²) in [6.45, 7) is -0.745. The van der Waals surface area contributed by atoms with Gasteiger partial charge in [0.25, 0.3) is 5.56 Å². The van der Waals surface area contributed by atoms with Crippen LogP contribution in [0, 0.1) is 0 Å². The average Bonchev–Trinajstić information content (AvgIpc) is 2.79. The second kappa shape index (κ2) is 7.53. The van der Waals surface area contributed by atoms with Gasteiger partial charge in [0.15, 0.2) is 0 Å². The Hall–Kier alpha value is -0.660. The summed E-state index contributed by atoms with van der Waals surface area (Å²) in [6.07, 6.45) is -2.39. The molecule has 13 nitrogen and oxygen atoms in total. The number of H-pyrrole nitrogens is 1. The Morgan fingerprint density at radius 1 is 1.36 bits per heavy atom. The number of nitrogens with zero attached hydrogens (tertiary/aromatic N) is 1. The van der Waals surface area contributed by atoms with Gasteiger partial charge < -0.3 is 24.5 Å². The van der Waals surface area contributed by atoms with E-state index in [0.717, 1.165) is 10.8 Å². The molecular formula is C9H13BrN2O11P2. The largest absolute Gasteiger partial charge is 0.481 e. The second-order valence-electron chi connectivity index (χ2n) is 4.91. The Morgan fingerprint density at radius 2 is 2.00 bits per heavy atom. The zero-order valence-corrected chi connectivity index (χ0v) is 15.5. The predicted molar refractivity (Wildman–Crippen MR) is 82.5 cm³/mol.